The van der Waals surface area contributed by atoms with E-state index in [0.717, 1.165) is 17.5 Å². The monoisotopic (exact) mass is 191 g/mol. The fourth-order valence-electron chi connectivity index (χ4n) is 1.50. The van der Waals surface area contributed by atoms with Crippen LogP contribution in [-0.4, -0.2) is 16.2 Å². The predicted molar refractivity (Wildman–Crippen MR) is 54.6 cm³/mol. The number of aryl methyl sites for hydroxylation is 1. The van der Waals surface area contributed by atoms with Crippen molar-refractivity contribution in [3.63, 3.8) is 0 Å². The molecule has 0 saturated heterocycles. The summed E-state index contributed by atoms with van der Waals surface area (Å²) < 4.78 is 2.00. The Kier molecular flexibility index (Phi) is 2.47. The molecule has 14 heavy (non-hydrogen) atoms. The maximum absolute atomic E-state index is 4.98. The fraction of sp³-hybridized carbons (Fsp3) is 0.300. The number of hydrogen-bond acceptors (Lipinski definition) is 3. The Morgan fingerprint density at radius 2 is 2.36 bits per heavy atom. The Labute approximate surface area is 82.3 Å². The first kappa shape index (κ1) is 9.18. The van der Waals surface area contributed by atoms with Crippen molar-refractivity contribution in [1.29, 1.82) is 0 Å². The number of imidazole rings is 1. The summed E-state index contributed by atoms with van der Waals surface area (Å²) in [5.74, 6) is 4.98. The molecule has 2 N–H and O–H groups in total. The number of aromatic nitrogens is 2. The number of fused-ring (bicyclic) bond motifs is 1. The van der Waals surface area contributed by atoms with E-state index in [1.54, 1.807) is 0 Å². The van der Waals surface area contributed by atoms with Gasteiger partial charge in [-0.2, -0.15) is 0 Å². The molecular formula is C10H13N3O. The highest BCUT2D eigenvalue weighted by atomic mass is 16.6. The molecule has 0 aliphatic heterocycles. The lowest BCUT2D eigenvalue weighted by Crippen LogP contribution is -2.03. The summed E-state index contributed by atoms with van der Waals surface area (Å²) in [5, 5.41) is 0. The summed E-state index contributed by atoms with van der Waals surface area (Å²) in [6.45, 7) is 0.545. The molecule has 0 radical (unpaired) electrons. The smallest absolute Gasteiger partial charge is 0.0955 e. The molecule has 74 valence electrons. The zero-order valence-electron chi connectivity index (χ0n) is 8.10. The van der Waals surface area contributed by atoms with Crippen molar-refractivity contribution >= 4 is 11.0 Å². The maximum atomic E-state index is 4.98. The molecule has 0 unspecified atom stereocenters. The van der Waals surface area contributed by atoms with Crippen molar-refractivity contribution < 1.29 is 4.84 Å². The Bertz CT molecular complexity index is 436. The van der Waals surface area contributed by atoms with E-state index in [4.69, 9.17) is 5.90 Å². The van der Waals surface area contributed by atoms with Gasteiger partial charge in [-0.1, -0.05) is 6.07 Å². The SMILES string of the molecule is Cn1cnc2ccc(CCON)cc21. The standard InChI is InChI=1S/C10H13N3O/c1-13-7-12-9-3-2-8(4-5-14-11)6-10(9)13/h2-3,6-7H,4-5,11H2,1H3. The van der Waals surface area contributed by atoms with Crippen LogP contribution in [0.3, 0.4) is 0 Å². The summed E-state index contributed by atoms with van der Waals surface area (Å²) in [4.78, 5) is 8.79. The Balaban J connectivity index is 2.34. The molecule has 0 aliphatic rings. The predicted octanol–water partition coefficient (Wildman–Crippen LogP) is 1.01. The third kappa shape index (κ3) is 1.62. The summed E-state index contributed by atoms with van der Waals surface area (Å²) >= 11 is 0. The van der Waals surface area contributed by atoms with Crippen LogP contribution in [0.1, 0.15) is 5.56 Å². The maximum Gasteiger partial charge on any atom is 0.0955 e. The van der Waals surface area contributed by atoms with Crippen LogP contribution in [0.15, 0.2) is 24.5 Å². The largest absolute Gasteiger partial charge is 0.334 e. The van der Waals surface area contributed by atoms with Gasteiger partial charge in [-0.3, -0.25) is 0 Å². The van der Waals surface area contributed by atoms with Crippen LogP contribution < -0.4 is 5.90 Å². The minimum absolute atomic E-state index is 0.545. The molecule has 1 aromatic heterocycles. The van der Waals surface area contributed by atoms with Crippen LogP contribution >= 0.6 is 0 Å². The lowest BCUT2D eigenvalue weighted by atomic mass is 10.1. The van der Waals surface area contributed by atoms with E-state index >= 15 is 0 Å². The van der Waals surface area contributed by atoms with Crippen molar-refractivity contribution in [1.82, 2.24) is 9.55 Å². The van der Waals surface area contributed by atoms with Gasteiger partial charge in [-0.15, -0.1) is 0 Å². The highest BCUT2D eigenvalue weighted by Gasteiger charge is 2.00. The van der Waals surface area contributed by atoms with Crippen LogP contribution in [0.4, 0.5) is 0 Å². The zero-order valence-corrected chi connectivity index (χ0v) is 8.10. The summed E-state index contributed by atoms with van der Waals surface area (Å²) in [5.41, 5.74) is 3.37. The van der Waals surface area contributed by atoms with Crippen molar-refractivity contribution in [2.75, 3.05) is 6.61 Å². The minimum Gasteiger partial charge on any atom is -0.334 e. The molecule has 2 aromatic rings. The van der Waals surface area contributed by atoms with Gasteiger partial charge >= 0.3 is 0 Å². The van der Waals surface area contributed by atoms with E-state index in [2.05, 4.69) is 15.9 Å². The number of hydrogen-bond donors (Lipinski definition) is 1. The molecule has 4 nitrogen and oxygen atoms in total. The summed E-state index contributed by atoms with van der Waals surface area (Å²) in [6, 6.07) is 6.18. The molecule has 0 atom stereocenters. The van der Waals surface area contributed by atoms with Gasteiger partial charge in [0.15, 0.2) is 0 Å². The summed E-state index contributed by atoms with van der Waals surface area (Å²) in [7, 11) is 1.98. The van der Waals surface area contributed by atoms with E-state index in [1.807, 2.05) is 30.1 Å². The lowest BCUT2D eigenvalue weighted by Gasteiger charge is -2.00. The van der Waals surface area contributed by atoms with E-state index in [1.165, 1.54) is 5.56 Å². The van der Waals surface area contributed by atoms with Gasteiger partial charge in [-0.25, -0.2) is 10.9 Å². The minimum atomic E-state index is 0.545. The second-order valence-electron chi connectivity index (χ2n) is 3.30. The van der Waals surface area contributed by atoms with Gasteiger partial charge in [0.05, 0.1) is 24.0 Å². The quantitative estimate of drug-likeness (QED) is 0.736. The van der Waals surface area contributed by atoms with Gasteiger partial charge in [0.2, 0.25) is 0 Å². The third-order valence-corrected chi connectivity index (χ3v) is 2.30. The van der Waals surface area contributed by atoms with Gasteiger partial charge in [-0.05, 0) is 24.1 Å². The highest BCUT2D eigenvalue weighted by Crippen LogP contribution is 2.14. The number of rotatable bonds is 3. The molecule has 2 rings (SSSR count). The van der Waals surface area contributed by atoms with Gasteiger partial charge in [0.25, 0.3) is 0 Å². The van der Waals surface area contributed by atoms with Crippen LogP contribution in [0.5, 0.6) is 0 Å². The molecule has 0 aliphatic carbocycles. The average Bonchev–Trinajstić information content (AvgIpc) is 2.57. The topological polar surface area (TPSA) is 53.1 Å². The molecule has 0 saturated carbocycles. The molecule has 0 bridgehead atoms. The number of nitrogens with two attached hydrogens (primary N) is 1. The van der Waals surface area contributed by atoms with Gasteiger partial charge < -0.3 is 9.40 Å². The van der Waals surface area contributed by atoms with Crippen LogP contribution in [0, 0.1) is 0 Å². The molecule has 0 fully saturated rings. The lowest BCUT2D eigenvalue weighted by molar-refractivity contribution is 0.141. The number of benzene rings is 1. The Hall–Kier alpha value is -1.39. The Morgan fingerprint density at radius 1 is 1.50 bits per heavy atom. The zero-order chi connectivity index (χ0) is 9.97. The third-order valence-electron chi connectivity index (χ3n) is 2.30. The normalized spacial score (nSPS) is 11.0. The van der Waals surface area contributed by atoms with Crippen LogP contribution in [0.2, 0.25) is 0 Å². The molecule has 0 amide bonds. The van der Waals surface area contributed by atoms with E-state index in [0.29, 0.717) is 6.61 Å². The molecular weight excluding hydrogens is 178 g/mol. The Morgan fingerprint density at radius 3 is 3.14 bits per heavy atom. The fourth-order valence-corrected chi connectivity index (χ4v) is 1.50. The van der Waals surface area contributed by atoms with E-state index < -0.39 is 0 Å². The molecule has 1 heterocycles. The summed E-state index contributed by atoms with van der Waals surface area (Å²) in [6.07, 6.45) is 2.64. The van der Waals surface area contributed by atoms with Crippen LogP contribution in [0.25, 0.3) is 11.0 Å². The average molecular weight is 191 g/mol. The van der Waals surface area contributed by atoms with E-state index in [-0.39, 0.29) is 0 Å². The van der Waals surface area contributed by atoms with Gasteiger partial charge in [0, 0.05) is 7.05 Å². The van der Waals surface area contributed by atoms with Crippen molar-refractivity contribution in [2.45, 2.75) is 6.42 Å². The van der Waals surface area contributed by atoms with Crippen molar-refractivity contribution in [2.24, 2.45) is 12.9 Å². The second-order valence-corrected chi connectivity index (χ2v) is 3.30. The molecule has 0 spiro atoms. The first-order valence-electron chi connectivity index (χ1n) is 4.53. The molecule has 1 aromatic carbocycles. The molecule has 4 heteroatoms. The highest BCUT2D eigenvalue weighted by molar-refractivity contribution is 5.75. The van der Waals surface area contributed by atoms with Gasteiger partial charge in [0.1, 0.15) is 0 Å². The second kappa shape index (κ2) is 3.77. The van der Waals surface area contributed by atoms with E-state index in [9.17, 15) is 0 Å². The first-order chi connectivity index (χ1) is 6.81. The number of nitrogens with zero attached hydrogens (tertiary/aromatic N) is 2. The van der Waals surface area contributed by atoms with Crippen molar-refractivity contribution in [3.05, 3.63) is 30.1 Å². The van der Waals surface area contributed by atoms with Crippen molar-refractivity contribution in [3.8, 4) is 0 Å². The van der Waals surface area contributed by atoms with Crippen LogP contribution in [-0.2, 0) is 18.3 Å². The first-order valence-corrected chi connectivity index (χ1v) is 4.53.